The van der Waals surface area contributed by atoms with E-state index in [-0.39, 0.29) is 0 Å². The molecule has 0 saturated carbocycles. The quantitative estimate of drug-likeness (QED) is 0.727. The van der Waals surface area contributed by atoms with E-state index in [1.165, 1.54) is 44.5 Å². The molecule has 0 amide bonds. The van der Waals surface area contributed by atoms with Crippen LogP contribution in [0.3, 0.4) is 0 Å². The second-order valence-electron chi connectivity index (χ2n) is 6.71. The third kappa shape index (κ3) is 4.92. The molecule has 1 aliphatic heterocycles. The molecule has 0 aliphatic carbocycles. The molecule has 106 valence electrons. The molecule has 0 N–H and O–H groups in total. The molecule has 1 aromatic rings. The Morgan fingerprint density at radius 3 is 2.37 bits per heavy atom. The Labute approximate surface area is 126 Å². The summed E-state index contributed by atoms with van der Waals surface area (Å²) in [6.07, 6.45) is 3.97. The smallest absolute Gasteiger partial charge is 0.00949 e. The van der Waals surface area contributed by atoms with Crippen molar-refractivity contribution in [3.8, 4) is 0 Å². The zero-order chi connectivity index (χ0) is 13.7. The van der Waals surface area contributed by atoms with Crippen LogP contribution < -0.4 is 0 Å². The average molecular weight is 324 g/mol. The lowest BCUT2D eigenvalue weighted by molar-refractivity contribution is 0.139. The van der Waals surface area contributed by atoms with Gasteiger partial charge in [0, 0.05) is 11.9 Å². The Bertz CT molecular complexity index is 366. The fourth-order valence-corrected chi connectivity index (χ4v) is 3.12. The molecule has 1 saturated heterocycles. The lowest BCUT2D eigenvalue weighted by Gasteiger charge is -2.36. The third-order valence-electron chi connectivity index (χ3n) is 4.09. The number of piperidine rings is 1. The number of nitrogens with zero attached hydrogens (tertiary/aromatic N) is 1. The van der Waals surface area contributed by atoms with Gasteiger partial charge in [-0.1, -0.05) is 60.1 Å². The highest BCUT2D eigenvalue weighted by molar-refractivity contribution is 9.09. The number of halogens is 1. The second kappa shape index (κ2) is 6.90. The van der Waals surface area contributed by atoms with Gasteiger partial charge in [-0.15, -0.1) is 0 Å². The van der Waals surface area contributed by atoms with E-state index in [0.29, 0.717) is 5.41 Å². The minimum absolute atomic E-state index is 0.395. The summed E-state index contributed by atoms with van der Waals surface area (Å²) in [6, 6.07) is 10.9. The van der Waals surface area contributed by atoms with Crippen molar-refractivity contribution in [2.75, 3.05) is 25.0 Å². The number of hydrogen-bond donors (Lipinski definition) is 0. The molecule has 2 heteroatoms. The Kier molecular flexibility index (Phi) is 5.47. The van der Waals surface area contributed by atoms with Crippen LogP contribution in [-0.4, -0.2) is 29.9 Å². The van der Waals surface area contributed by atoms with Gasteiger partial charge in [0.1, 0.15) is 0 Å². The lowest BCUT2D eigenvalue weighted by Crippen LogP contribution is -2.40. The Hall–Kier alpha value is -0.340. The molecule has 0 radical (unpaired) electrons. The van der Waals surface area contributed by atoms with Crippen LogP contribution in [-0.2, 0) is 6.42 Å². The summed E-state index contributed by atoms with van der Waals surface area (Å²) in [5, 5.41) is 1.09. The standard InChI is InChI=1S/C17H26BrN/c1-17(2,13-18)14-19-10-8-16(9-11-19)12-15-6-4-3-5-7-15/h3-7,16H,8-14H2,1-2H3. The summed E-state index contributed by atoms with van der Waals surface area (Å²) < 4.78 is 0. The first kappa shape index (κ1) is 15.1. The highest BCUT2D eigenvalue weighted by atomic mass is 79.9. The fourth-order valence-electron chi connectivity index (χ4n) is 2.94. The predicted octanol–water partition coefficient (Wildman–Crippen LogP) is 4.36. The zero-order valence-corrected chi connectivity index (χ0v) is 13.8. The van der Waals surface area contributed by atoms with E-state index in [0.717, 1.165) is 11.2 Å². The second-order valence-corrected chi connectivity index (χ2v) is 7.27. The minimum atomic E-state index is 0.395. The van der Waals surface area contributed by atoms with E-state index in [1.807, 2.05) is 0 Å². The summed E-state index contributed by atoms with van der Waals surface area (Å²) in [7, 11) is 0. The van der Waals surface area contributed by atoms with Crippen LogP contribution in [0.2, 0.25) is 0 Å². The SMILES string of the molecule is CC(C)(CBr)CN1CCC(Cc2ccccc2)CC1. The number of alkyl halides is 1. The molecular weight excluding hydrogens is 298 g/mol. The van der Waals surface area contributed by atoms with Crippen molar-refractivity contribution in [3.05, 3.63) is 35.9 Å². The molecule has 0 unspecified atom stereocenters. The summed E-state index contributed by atoms with van der Waals surface area (Å²) in [4.78, 5) is 2.64. The van der Waals surface area contributed by atoms with Crippen molar-refractivity contribution >= 4 is 15.9 Å². The molecule has 0 atom stereocenters. The first-order valence-corrected chi connectivity index (χ1v) is 8.53. The number of likely N-dealkylation sites (tertiary alicyclic amines) is 1. The van der Waals surface area contributed by atoms with Crippen LogP contribution in [0, 0.1) is 11.3 Å². The molecule has 0 aromatic heterocycles. The predicted molar refractivity (Wildman–Crippen MR) is 86.9 cm³/mol. The molecule has 1 fully saturated rings. The van der Waals surface area contributed by atoms with E-state index in [2.05, 4.69) is 65.0 Å². The molecule has 2 rings (SSSR count). The van der Waals surface area contributed by atoms with Crippen molar-refractivity contribution < 1.29 is 0 Å². The molecule has 1 heterocycles. The molecular formula is C17H26BrN. The molecule has 1 aliphatic rings. The van der Waals surface area contributed by atoms with Crippen LogP contribution in [0.1, 0.15) is 32.3 Å². The Morgan fingerprint density at radius 1 is 1.16 bits per heavy atom. The summed E-state index contributed by atoms with van der Waals surface area (Å²) in [5.74, 6) is 0.880. The van der Waals surface area contributed by atoms with E-state index in [1.54, 1.807) is 0 Å². The van der Waals surface area contributed by atoms with Gasteiger partial charge >= 0.3 is 0 Å². The van der Waals surface area contributed by atoms with Gasteiger partial charge < -0.3 is 4.90 Å². The van der Waals surface area contributed by atoms with Gasteiger partial charge in [0.25, 0.3) is 0 Å². The first-order valence-electron chi connectivity index (χ1n) is 7.41. The highest BCUT2D eigenvalue weighted by Crippen LogP contribution is 2.25. The van der Waals surface area contributed by atoms with Crippen molar-refractivity contribution in [3.63, 3.8) is 0 Å². The molecule has 1 nitrogen and oxygen atoms in total. The van der Waals surface area contributed by atoms with Gasteiger partial charge in [0.2, 0.25) is 0 Å². The van der Waals surface area contributed by atoms with E-state index in [4.69, 9.17) is 0 Å². The van der Waals surface area contributed by atoms with E-state index in [9.17, 15) is 0 Å². The van der Waals surface area contributed by atoms with E-state index < -0.39 is 0 Å². The molecule has 19 heavy (non-hydrogen) atoms. The number of hydrogen-bond acceptors (Lipinski definition) is 1. The van der Waals surface area contributed by atoms with E-state index >= 15 is 0 Å². The van der Waals surface area contributed by atoms with Gasteiger partial charge in [-0.05, 0) is 49.2 Å². The Morgan fingerprint density at radius 2 is 1.79 bits per heavy atom. The van der Waals surface area contributed by atoms with Gasteiger partial charge in [-0.2, -0.15) is 0 Å². The van der Waals surface area contributed by atoms with Gasteiger partial charge in [-0.25, -0.2) is 0 Å². The van der Waals surface area contributed by atoms with Gasteiger partial charge in [0.05, 0.1) is 0 Å². The number of rotatable bonds is 5. The first-order chi connectivity index (χ1) is 9.09. The van der Waals surface area contributed by atoms with Crippen LogP contribution in [0.4, 0.5) is 0 Å². The monoisotopic (exact) mass is 323 g/mol. The van der Waals surface area contributed by atoms with Crippen molar-refractivity contribution in [2.24, 2.45) is 11.3 Å². The molecule has 0 spiro atoms. The lowest BCUT2D eigenvalue weighted by atomic mass is 9.88. The Balaban J connectivity index is 1.77. The maximum Gasteiger partial charge on any atom is 0.00949 e. The van der Waals surface area contributed by atoms with Crippen LogP contribution in [0.5, 0.6) is 0 Å². The molecule has 1 aromatic carbocycles. The molecule has 0 bridgehead atoms. The number of benzene rings is 1. The van der Waals surface area contributed by atoms with Crippen molar-refractivity contribution in [1.29, 1.82) is 0 Å². The normalized spacial score (nSPS) is 18.7. The van der Waals surface area contributed by atoms with Gasteiger partial charge in [-0.3, -0.25) is 0 Å². The summed E-state index contributed by atoms with van der Waals surface area (Å²) in [5.41, 5.74) is 1.90. The van der Waals surface area contributed by atoms with Crippen LogP contribution in [0.15, 0.2) is 30.3 Å². The van der Waals surface area contributed by atoms with Crippen LogP contribution in [0.25, 0.3) is 0 Å². The van der Waals surface area contributed by atoms with Gasteiger partial charge in [0.15, 0.2) is 0 Å². The highest BCUT2D eigenvalue weighted by Gasteiger charge is 2.24. The maximum atomic E-state index is 3.63. The summed E-state index contributed by atoms with van der Waals surface area (Å²) in [6.45, 7) is 8.45. The largest absolute Gasteiger partial charge is 0.303 e. The van der Waals surface area contributed by atoms with Crippen molar-refractivity contribution in [2.45, 2.75) is 33.1 Å². The minimum Gasteiger partial charge on any atom is -0.303 e. The topological polar surface area (TPSA) is 3.24 Å². The van der Waals surface area contributed by atoms with Crippen LogP contribution >= 0.6 is 15.9 Å². The maximum absolute atomic E-state index is 3.63. The average Bonchev–Trinajstić information content (AvgIpc) is 2.42. The fraction of sp³-hybridized carbons (Fsp3) is 0.647. The zero-order valence-electron chi connectivity index (χ0n) is 12.2. The third-order valence-corrected chi connectivity index (χ3v) is 5.61. The summed E-state index contributed by atoms with van der Waals surface area (Å²) >= 11 is 3.63. The van der Waals surface area contributed by atoms with Crippen molar-refractivity contribution in [1.82, 2.24) is 4.90 Å².